The van der Waals surface area contributed by atoms with Crippen LogP contribution in [0.5, 0.6) is 0 Å². The van der Waals surface area contributed by atoms with Gasteiger partial charge in [-0.1, -0.05) is 6.08 Å². The van der Waals surface area contributed by atoms with Crippen molar-refractivity contribution >= 4 is 11.9 Å². The van der Waals surface area contributed by atoms with Gasteiger partial charge in [0.1, 0.15) is 5.82 Å². The molecule has 1 aromatic rings. The van der Waals surface area contributed by atoms with Gasteiger partial charge in [-0.05, 0) is 19.4 Å². The molecule has 1 atom stereocenters. The molecule has 0 aliphatic heterocycles. The van der Waals surface area contributed by atoms with Crippen LogP contribution in [0.1, 0.15) is 19.0 Å². The minimum atomic E-state index is 0.179. The molecule has 1 heterocycles. The van der Waals surface area contributed by atoms with Gasteiger partial charge in [0, 0.05) is 6.04 Å². The molecule has 0 saturated carbocycles. The highest BCUT2D eigenvalue weighted by Crippen LogP contribution is 2.00. The minimum absolute atomic E-state index is 0.179. The first-order valence-corrected chi connectivity index (χ1v) is 4.18. The Hall–Kier alpha value is -1.42. The van der Waals surface area contributed by atoms with Crippen molar-refractivity contribution in [3.05, 3.63) is 24.2 Å². The average molecular weight is 178 g/mol. The molecule has 1 aromatic heterocycles. The number of anilines is 1. The lowest BCUT2D eigenvalue weighted by molar-refractivity contribution is 0.759. The quantitative estimate of drug-likeness (QED) is 0.718. The van der Waals surface area contributed by atoms with Gasteiger partial charge >= 0.3 is 0 Å². The molecule has 0 radical (unpaired) electrons. The second kappa shape index (κ2) is 4.57. The first kappa shape index (κ1) is 9.67. The van der Waals surface area contributed by atoms with Crippen LogP contribution in [0.15, 0.2) is 18.5 Å². The summed E-state index contributed by atoms with van der Waals surface area (Å²) in [6, 6.07) is 0.179. The molecule has 0 aliphatic carbocycles. The summed E-state index contributed by atoms with van der Waals surface area (Å²) < 4.78 is 0. The van der Waals surface area contributed by atoms with Gasteiger partial charge in [-0.15, -0.1) is 0 Å². The zero-order chi connectivity index (χ0) is 9.68. The Bertz CT molecular complexity index is 276. The van der Waals surface area contributed by atoms with Gasteiger partial charge in [0.2, 0.25) is 0 Å². The highest BCUT2D eigenvalue weighted by Gasteiger charge is 1.90. The summed E-state index contributed by atoms with van der Waals surface area (Å²) in [7, 11) is 0. The molecule has 13 heavy (non-hydrogen) atoms. The number of hydrogen-bond donors (Lipinski definition) is 2. The molecule has 4 heteroatoms. The van der Waals surface area contributed by atoms with E-state index in [0.29, 0.717) is 5.82 Å². The SMILES string of the molecule is C[C@H](N)C/C=C/c1cnc(N)cn1. The number of aromatic nitrogens is 2. The van der Waals surface area contributed by atoms with Gasteiger partial charge in [0.25, 0.3) is 0 Å². The van der Waals surface area contributed by atoms with E-state index in [0.717, 1.165) is 12.1 Å². The van der Waals surface area contributed by atoms with Crippen LogP contribution in [0.2, 0.25) is 0 Å². The fourth-order valence-electron chi connectivity index (χ4n) is 0.838. The lowest BCUT2D eigenvalue weighted by atomic mass is 10.2. The summed E-state index contributed by atoms with van der Waals surface area (Å²) in [4.78, 5) is 7.97. The van der Waals surface area contributed by atoms with E-state index in [1.807, 2.05) is 19.1 Å². The normalized spacial score (nSPS) is 13.4. The monoisotopic (exact) mass is 178 g/mol. The third-order valence-electron chi connectivity index (χ3n) is 1.49. The van der Waals surface area contributed by atoms with Crippen molar-refractivity contribution < 1.29 is 0 Å². The number of nitrogens with two attached hydrogens (primary N) is 2. The van der Waals surface area contributed by atoms with Gasteiger partial charge in [0.15, 0.2) is 0 Å². The van der Waals surface area contributed by atoms with E-state index in [9.17, 15) is 0 Å². The van der Waals surface area contributed by atoms with Crippen LogP contribution < -0.4 is 11.5 Å². The number of nitrogens with zero attached hydrogens (tertiary/aromatic N) is 2. The Morgan fingerprint density at radius 1 is 1.46 bits per heavy atom. The van der Waals surface area contributed by atoms with E-state index in [1.165, 1.54) is 6.20 Å². The fraction of sp³-hybridized carbons (Fsp3) is 0.333. The van der Waals surface area contributed by atoms with Crippen LogP contribution >= 0.6 is 0 Å². The van der Waals surface area contributed by atoms with Crippen LogP contribution in [0.25, 0.3) is 6.08 Å². The fourth-order valence-corrected chi connectivity index (χ4v) is 0.838. The first-order chi connectivity index (χ1) is 6.18. The van der Waals surface area contributed by atoms with Crippen molar-refractivity contribution in [3.8, 4) is 0 Å². The average Bonchev–Trinajstić information content (AvgIpc) is 2.08. The van der Waals surface area contributed by atoms with Crippen LogP contribution in [-0.4, -0.2) is 16.0 Å². The molecule has 70 valence electrons. The summed E-state index contributed by atoms with van der Waals surface area (Å²) in [5.41, 5.74) is 11.8. The maximum absolute atomic E-state index is 5.57. The molecule has 0 saturated heterocycles. The summed E-state index contributed by atoms with van der Waals surface area (Å²) in [6.45, 7) is 1.96. The highest BCUT2D eigenvalue weighted by atomic mass is 14.9. The second-order valence-corrected chi connectivity index (χ2v) is 2.98. The van der Waals surface area contributed by atoms with E-state index in [4.69, 9.17) is 11.5 Å². The van der Waals surface area contributed by atoms with Gasteiger partial charge in [-0.2, -0.15) is 0 Å². The van der Waals surface area contributed by atoms with Crippen molar-refractivity contribution in [1.82, 2.24) is 9.97 Å². The van der Waals surface area contributed by atoms with Gasteiger partial charge in [0.05, 0.1) is 18.1 Å². The molecule has 0 unspecified atom stereocenters. The van der Waals surface area contributed by atoms with Crippen molar-refractivity contribution in [2.45, 2.75) is 19.4 Å². The van der Waals surface area contributed by atoms with Gasteiger partial charge in [-0.3, -0.25) is 4.98 Å². The van der Waals surface area contributed by atoms with Crippen molar-refractivity contribution in [1.29, 1.82) is 0 Å². The van der Waals surface area contributed by atoms with E-state index in [-0.39, 0.29) is 6.04 Å². The van der Waals surface area contributed by atoms with Crippen LogP contribution in [-0.2, 0) is 0 Å². The van der Waals surface area contributed by atoms with Crippen molar-refractivity contribution in [3.63, 3.8) is 0 Å². The highest BCUT2D eigenvalue weighted by molar-refractivity contribution is 5.44. The molecule has 0 fully saturated rings. The lowest BCUT2D eigenvalue weighted by Gasteiger charge is -1.97. The molecule has 0 aliphatic rings. The Morgan fingerprint density at radius 3 is 2.77 bits per heavy atom. The Labute approximate surface area is 77.7 Å². The van der Waals surface area contributed by atoms with Crippen LogP contribution in [0, 0.1) is 0 Å². The molecular weight excluding hydrogens is 164 g/mol. The minimum Gasteiger partial charge on any atom is -0.382 e. The molecule has 0 spiro atoms. The second-order valence-electron chi connectivity index (χ2n) is 2.98. The van der Waals surface area contributed by atoms with E-state index >= 15 is 0 Å². The summed E-state index contributed by atoms with van der Waals surface area (Å²) in [6.07, 6.45) is 7.87. The van der Waals surface area contributed by atoms with Crippen molar-refractivity contribution in [2.24, 2.45) is 5.73 Å². The van der Waals surface area contributed by atoms with Crippen LogP contribution in [0.4, 0.5) is 5.82 Å². The number of rotatable bonds is 3. The van der Waals surface area contributed by atoms with Crippen LogP contribution in [0.3, 0.4) is 0 Å². The Morgan fingerprint density at radius 2 is 2.23 bits per heavy atom. The van der Waals surface area contributed by atoms with Gasteiger partial charge < -0.3 is 11.5 Å². The van der Waals surface area contributed by atoms with Crippen molar-refractivity contribution in [2.75, 3.05) is 5.73 Å². The maximum Gasteiger partial charge on any atom is 0.141 e. The molecule has 0 aromatic carbocycles. The molecule has 4 nitrogen and oxygen atoms in total. The third-order valence-corrected chi connectivity index (χ3v) is 1.49. The third kappa shape index (κ3) is 3.66. The Kier molecular flexibility index (Phi) is 3.40. The topological polar surface area (TPSA) is 77.8 Å². The number of hydrogen-bond acceptors (Lipinski definition) is 4. The zero-order valence-corrected chi connectivity index (χ0v) is 7.64. The molecule has 0 amide bonds. The predicted molar refractivity (Wildman–Crippen MR) is 53.7 cm³/mol. The zero-order valence-electron chi connectivity index (χ0n) is 7.64. The predicted octanol–water partition coefficient (Wildman–Crippen LogP) is 0.809. The summed E-state index contributed by atoms with van der Waals surface area (Å²) in [5, 5.41) is 0. The molecular formula is C9H14N4. The maximum atomic E-state index is 5.57. The van der Waals surface area contributed by atoms with E-state index < -0.39 is 0 Å². The van der Waals surface area contributed by atoms with E-state index in [1.54, 1.807) is 6.20 Å². The molecule has 0 bridgehead atoms. The van der Waals surface area contributed by atoms with E-state index in [2.05, 4.69) is 9.97 Å². The first-order valence-electron chi connectivity index (χ1n) is 4.18. The number of nitrogen functional groups attached to an aromatic ring is 1. The largest absolute Gasteiger partial charge is 0.382 e. The standard InChI is InChI=1S/C9H14N4/c1-7(10)3-2-4-8-5-13-9(11)6-12-8/h2,4-7H,3,10H2,1H3,(H2,11,13)/b4-2+/t7-/m0/s1. The summed E-state index contributed by atoms with van der Waals surface area (Å²) in [5.74, 6) is 0.435. The summed E-state index contributed by atoms with van der Waals surface area (Å²) >= 11 is 0. The van der Waals surface area contributed by atoms with Gasteiger partial charge in [-0.25, -0.2) is 4.98 Å². The molecule has 4 N–H and O–H groups in total. The smallest absolute Gasteiger partial charge is 0.141 e. The Balaban J connectivity index is 2.54. The molecule has 1 rings (SSSR count). The lowest BCUT2D eigenvalue weighted by Crippen LogP contribution is -2.12.